The topological polar surface area (TPSA) is 84.1 Å². The van der Waals surface area contributed by atoms with E-state index < -0.39 is 11.6 Å². The fourth-order valence-corrected chi connectivity index (χ4v) is 3.12. The summed E-state index contributed by atoms with van der Waals surface area (Å²) in [5.41, 5.74) is 2.60. The largest absolute Gasteiger partial charge is 0.456 e. The number of carbonyl (C=O) groups excluding carboxylic acids is 2. The molecule has 0 spiro atoms. The second-order valence-corrected chi connectivity index (χ2v) is 7.75. The summed E-state index contributed by atoms with van der Waals surface area (Å²) < 4.78 is 5.49. The van der Waals surface area contributed by atoms with Crippen molar-refractivity contribution in [2.45, 2.75) is 39.2 Å². The Kier molecular flexibility index (Phi) is 5.23. The molecule has 0 aliphatic heterocycles. The molecule has 2 aromatic heterocycles. The van der Waals surface area contributed by atoms with E-state index in [1.54, 1.807) is 6.07 Å². The minimum absolute atomic E-state index is 0.120. The highest BCUT2D eigenvalue weighted by molar-refractivity contribution is 5.96. The number of hydrogen-bond acceptors (Lipinski definition) is 4. The zero-order valence-electron chi connectivity index (χ0n) is 16.8. The molecule has 3 rings (SSSR count). The number of H-pyrrole nitrogens is 1. The number of aromatic nitrogens is 2. The van der Waals surface area contributed by atoms with Crippen molar-refractivity contribution in [1.82, 2.24) is 15.3 Å². The van der Waals surface area contributed by atoms with Crippen molar-refractivity contribution < 1.29 is 14.3 Å². The first kappa shape index (κ1) is 19.6. The molecule has 1 atom stereocenters. The maximum Gasteiger partial charge on any atom is 0.338 e. The van der Waals surface area contributed by atoms with E-state index in [1.807, 2.05) is 58.2 Å². The van der Waals surface area contributed by atoms with Crippen molar-refractivity contribution in [2.24, 2.45) is 0 Å². The quantitative estimate of drug-likeness (QED) is 0.671. The number of ether oxygens (including phenoxy) is 1. The number of nitrogens with zero attached hydrogens (tertiary/aromatic N) is 1. The number of pyridine rings is 1. The zero-order valence-corrected chi connectivity index (χ0v) is 16.8. The van der Waals surface area contributed by atoms with Crippen molar-refractivity contribution >= 4 is 22.8 Å². The molecule has 1 unspecified atom stereocenters. The van der Waals surface area contributed by atoms with Crippen molar-refractivity contribution in [3.63, 3.8) is 0 Å². The third kappa shape index (κ3) is 4.06. The molecule has 1 aromatic carbocycles. The normalized spacial score (nSPS) is 12.6. The Morgan fingerprint density at radius 2 is 1.93 bits per heavy atom. The van der Waals surface area contributed by atoms with E-state index >= 15 is 0 Å². The molecule has 2 heterocycles. The number of nitrogens with one attached hydrogen (secondary N) is 2. The minimum atomic E-state index is -0.629. The fraction of sp³-hybridized carbons (Fsp3) is 0.318. The summed E-state index contributed by atoms with van der Waals surface area (Å²) in [7, 11) is 1.54. The number of fused-ring (bicyclic) bond motifs is 1. The van der Waals surface area contributed by atoms with Crippen LogP contribution in [0.1, 0.15) is 65.7 Å². The lowest BCUT2D eigenvalue weighted by Gasteiger charge is -2.20. The molecule has 0 radical (unpaired) electrons. The maximum absolute atomic E-state index is 12.6. The summed E-state index contributed by atoms with van der Waals surface area (Å²) >= 11 is 0. The number of benzene rings is 1. The summed E-state index contributed by atoms with van der Waals surface area (Å²) in [5.74, 6) is -0.947. The standard InChI is InChI=1S/C22H25N3O3/c1-13(15-7-6-8-17-16(15)9-10-24-17)18-11-14(21(27)28-22(2,3)4)12-19(25-18)20(26)23-5/h6-13,24H,1-5H3,(H,23,26). The minimum Gasteiger partial charge on any atom is -0.456 e. The maximum atomic E-state index is 12.6. The van der Waals surface area contributed by atoms with Gasteiger partial charge in [-0.05, 0) is 50.6 Å². The molecule has 6 nitrogen and oxygen atoms in total. The molecule has 28 heavy (non-hydrogen) atoms. The molecule has 1 amide bonds. The van der Waals surface area contributed by atoms with E-state index in [9.17, 15) is 9.59 Å². The SMILES string of the molecule is CNC(=O)c1cc(C(=O)OC(C)(C)C)cc(C(C)c2cccc3[nH]ccc23)n1. The highest BCUT2D eigenvalue weighted by Gasteiger charge is 2.23. The Hall–Kier alpha value is -3.15. The van der Waals surface area contributed by atoms with Crippen LogP contribution in [0.3, 0.4) is 0 Å². The van der Waals surface area contributed by atoms with Gasteiger partial charge in [0.2, 0.25) is 0 Å². The Morgan fingerprint density at radius 3 is 2.61 bits per heavy atom. The van der Waals surface area contributed by atoms with Crippen LogP contribution in [0.4, 0.5) is 0 Å². The Morgan fingerprint density at radius 1 is 1.18 bits per heavy atom. The van der Waals surface area contributed by atoms with Gasteiger partial charge in [0.15, 0.2) is 0 Å². The van der Waals surface area contributed by atoms with Crippen LogP contribution >= 0.6 is 0 Å². The van der Waals surface area contributed by atoms with Gasteiger partial charge in [-0.3, -0.25) is 4.79 Å². The van der Waals surface area contributed by atoms with Gasteiger partial charge in [-0.25, -0.2) is 9.78 Å². The third-order valence-electron chi connectivity index (χ3n) is 4.48. The lowest BCUT2D eigenvalue weighted by Crippen LogP contribution is -2.25. The van der Waals surface area contributed by atoms with Crippen LogP contribution in [-0.4, -0.2) is 34.5 Å². The Balaban J connectivity index is 2.09. The van der Waals surface area contributed by atoms with Gasteiger partial charge in [0.25, 0.3) is 5.91 Å². The molecular weight excluding hydrogens is 354 g/mol. The molecule has 3 aromatic rings. The third-order valence-corrected chi connectivity index (χ3v) is 4.48. The van der Waals surface area contributed by atoms with E-state index in [2.05, 4.69) is 15.3 Å². The molecule has 0 saturated carbocycles. The molecule has 0 saturated heterocycles. The lowest BCUT2D eigenvalue weighted by molar-refractivity contribution is 0.00692. The monoisotopic (exact) mass is 379 g/mol. The molecule has 6 heteroatoms. The fourth-order valence-electron chi connectivity index (χ4n) is 3.12. The van der Waals surface area contributed by atoms with E-state index in [-0.39, 0.29) is 17.5 Å². The van der Waals surface area contributed by atoms with Crippen LogP contribution in [-0.2, 0) is 4.74 Å². The lowest BCUT2D eigenvalue weighted by atomic mass is 9.93. The highest BCUT2D eigenvalue weighted by atomic mass is 16.6. The first-order valence-corrected chi connectivity index (χ1v) is 9.23. The van der Waals surface area contributed by atoms with Gasteiger partial charge < -0.3 is 15.0 Å². The number of aromatic amines is 1. The van der Waals surface area contributed by atoms with Crippen LogP contribution in [0.2, 0.25) is 0 Å². The number of amides is 1. The molecule has 0 aliphatic rings. The molecule has 0 fully saturated rings. The van der Waals surface area contributed by atoms with Crippen LogP contribution in [0.25, 0.3) is 10.9 Å². The van der Waals surface area contributed by atoms with Gasteiger partial charge in [-0.2, -0.15) is 0 Å². The zero-order chi connectivity index (χ0) is 20.5. The van der Waals surface area contributed by atoms with E-state index in [4.69, 9.17) is 4.74 Å². The average molecular weight is 379 g/mol. The van der Waals surface area contributed by atoms with Crippen molar-refractivity contribution in [2.75, 3.05) is 7.05 Å². The summed E-state index contributed by atoms with van der Waals surface area (Å²) in [5, 5.41) is 3.65. The summed E-state index contributed by atoms with van der Waals surface area (Å²) in [6.07, 6.45) is 1.89. The second-order valence-electron chi connectivity index (χ2n) is 7.75. The van der Waals surface area contributed by atoms with E-state index in [0.29, 0.717) is 11.3 Å². The first-order valence-electron chi connectivity index (χ1n) is 9.23. The summed E-state index contributed by atoms with van der Waals surface area (Å²) in [6.45, 7) is 7.43. The summed E-state index contributed by atoms with van der Waals surface area (Å²) in [4.78, 5) is 32.6. The predicted molar refractivity (Wildman–Crippen MR) is 109 cm³/mol. The second kappa shape index (κ2) is 7.46. The van der Waals surface area contributed by atoms with Gasteiger partial charge in [-0.15, -0.1) is 0 Å². The van der Waals surface area contributed by atoms with E-state index in [1.165, 1.54) is 13.1 Å². The van der Waals surface area contributed by atoms with Crippen molar-refractivity contribution in [3.8, 4) is 0 Å². The first-order chi connectivity index (χ1) is 13.2. The molecule has 2 N–H and O–H groups in total. The summed E-state index contributed by atoms with van der Waals surface area (Å²) in [6, 6.07) is 11.2. The molecule has 146 valence electrons. The van der Waals surface area contributed by atoms with Gasteiger partial charge in [0.05, 0.1) is 5.56 Å². The van der Waals surface area contributed by atoms with Crippen LogP contribution in [0.5, 0.6) is 0 Å². The highest BCUT2D eigenvalue weighted by Crippen LogP contribution is 2.30. The number of carbonyl (C=O) groups is 2. The van der Waals surface area contributed by atoms with Crippen LogP contribution < -0.4 is 5.32 Å². The average Bonchev–Trinajstić information content (AvgIpc) is 3.13. The van der Waals surface area contributed by atoms with Crippen LogP contribution in [0, 0.1) is 0 Å². The molecule has 0 aliphatic carbocycles. The number of rotatable bonds is 4. The number of esters is 1. The molecule has 0 bridgehead atoms. The van der Waals surface area contributed by atoms with Crippen molar-refractivity contribution in [3.05, 3.63) is 65.1 Å². The number of hydrogen-bond donors (Lipinski definition) is 2. The van der Waals surface area contributed by atoms with Gasteiger partial charge in [-0.1, -0.05) is 19.1 Å². The van der Waals surface area contributed by atoms with E-state index in [0.717, 1.165) is 16.5 Å². The Bertz CT molecular complexity index is 1030. The van der Waals surface area contributed by atoms with Crippen LogP contribution in [0.15, 0.2) is 42.6 Å². The Labute approximate surface area is 164 Å². The predicted octanol–water partition coefficient (Wildman–Crippen LogP) is 4.03. The van der Waals surface area contributed by atoms with Gasteiger partial charge >= 0.3 is 5.97 Å². The van der Waals surface area contributed by atoms with Gasteiger partial charge in [0, 0.05) is 35.8 Å². The molecular formula is C22H25N3O3. The smallest absolute Gasteiger partial charge is 0.338 e. The van der Waals surface area contributed by atoms with Crippen molar-refractivity contribution in [1.29, 1.82) is 0 Å². The van der Waals surface area contributed by atoms with Gasteiger partial charge in [0.1, 0.15) is 11.3 Å².